The maximum Gasteiger partial charge on any atom is 1.00 e. The van der Waals surface area contributed by atoms with Gasteiger partial charge in [-0.3, -0.25) is 9.69 Å². The summed E-state index contributed by atoms with van der Waals surface area (Å²) in [7, 11) is 0. The minimum absolute atomic E-state index is 0. The van der Waals surface area contributed by atoms with Crippen molar-refractivity contribution in [2.75, 3.05) is 52.5 Å². The van der Waals surface area contributed by atoms with Crippen molar-refractivity contribution in [1.29, 1.82) is 0 Å². The number of hydrogen-bond donors (Lipinski definition) is 4. The number of piperazine rings is 1. The Balaban J connectivity index is 0.000000864. The van der Waals surface area contributed by atoms with E-state index in [-0.39, 0.29) is 48.0 Å². The fourth-order valence-corrected chi connectivity index (χ4v) is 6.78. The van der Waals surface area contributed by atoms with Gasteiger partial charge in [-0.05, 0) is 49.8 Å². The first-order valence-electron chi connectivity index (χ1n) is 19.1. The normalized spacial score (nSPS) is 13.3. The average molecular weight is 810 g/mol. The number of rotatable bonds is 17. The van der Waals surface area contributed by atoms with Crippen molar-refractivity contribution in [3.05, 3.63) is 66.2 Å². The van der Waals surface area contributed by atoms with Gasteiger partial charge in [0.25, 0.3) is 0 Å². The van der Waals surface area contributed by atoms with E-state index in [1.54, 1.807) is 11.8 Å². The minimum Gasteiger partial charge on any atom is -0.550 e. The summed E-state index contributed by atoms with van der Waals surface area (Å²) in [5.74, 6) is -3.27. The number of aliphatic hydroxyl groups is 1. The monoisotopic (exact) mass is 809 g/mol. The molecule has 0 spiro atoms. The van der Waals surface area contributed by atoms with Crippen LogP contribution in [0.1, 0.15) is 84.6 Å². The molecule has 0 aromatic heterocycles. The molecule has 2 aliphatic rings. The maximum atomic E-state index is 10.5. The van der Waals surface area contributed by atoms with Gasteiger partial charge in [0.2, 0.25) is 0 Å². The summed E-state index contributed by atoms with van der Waals surface area (Å²) in [5.41, 5.74) is 2.27. The molecule has 0 bridgehead atoms. The van der Waals surface area contributed by atoms with Crippen LogP contribution in [0.5, 0.6) is 0 Å². The van der Waals surface area contributed by atoms with Crippen LogP contribution < -0.4 is 34.7 Å². The molecule has 2 aromatic rings. The van der Waals surface area contributed by atoms with Gasteiger partial charge < -0.3 is 40.0 Å². The molecule has 4 rings (SSSR count). The standard InChI is InChI=1S/C21H25N3O2S.2C8H16O2.C4H4O4.Na/c25-14-16-26-15-13-23-9-11-24(12-10-23)21-17-5-1-3-7-19(17)27-20-8-4-2-6-18(20)22-21;2*1-3-5-7(6-4-2)8(9)10;5-3(6)1-2-4(7)8;/h1-8,25H,9-16H2;2*7H,3-6H2,1-2H3,(H,9,10);1-2H,(H,5,6)(H,7,8);/q;;;;+1/p-1/b;;;2-1+;. The molecule has 4 N–H and O–H groups in total. The van der Waals surface area contributed by atoms with E-state index in [1.165, 1.54) is 15.4 Å². The van der Waals surface area contributed by atoms with Crippen LogP contribution in [0.25, 0.3) is 0 Å². The number of benzene rings is 2. The number of carbonyl (C=O) groups is 4. The molecule has 0 radical (unpaired) electrons. The van der Waals surface area contributed by atoms with Gasteiger partial charge in [0.05, 0.1) is 31.4 Å². The molecule has 56 heavy (non-hydrogen) atoms. The van der Waals surface area contributed by atoms with Crippen LogP contribution >= 0.6 is 11.8 Å². The Kier molecular flexibility index (Phi) is 30.0. The van der Waals surface area contributed by atoms with Crippen molar-refractivity contribution in [3.8, 4) is 0 Å². The number of nitrogens with zero attached hydrogens (tertiary/aromatic N) is 3. The topological polar surface area (TPSA) is 200 Å². The number of aliphatic imine (C=N–C) groups is 1. The second-order valence-corrected chi connectivity index (χ2v) is 14.0. The summed E-state index contributed by atoms with van der Waals surface area (Å²) in [4.78, 5) is 52.3. The number of fused-ring (bicyclic) bond motifs is 2. The first-order chi connectivity index (χ1) is 26.4. The molecule has 0 saturated carbocycles. The fraction of sp³-hybridized carbons (Fsp3) is 0.537. The smallest absolute Gasteiger partial charge is 0.550 e. The summed E-state index contributed by atoms with van der Waals surface area (Å²) in [6.45, 7) is 14.0. The number of aliphatic hydroxyl groups excluding tert-OH is 1. The number of carbonyl (C=O) groups excluding carboxylic acids is 1. The van der Waals surface area contributed by atoms with Gasteiger partial charge in [-0.1, -0.05) is 95.5 Å². The third-order valence-electron chi connectivity index (χ3n) is 8.50. The number of amidine groups is 1. The fourth-order valence-electron chi connectivity index (χ4n) is 5.76. The molecular formula is C41H60N3NaO10S. The van der Waals surface area contributed by atoms with Gasteiger partial charge in [-0.25, -0.2) is 14.6 Å². The van der Waals surface area contributed by atoms with E-state index in [1.807, 2.05) is 27.7 Å². The van der Waals surface area contributed by atoms with E-state index in [0.29, 0.717) is 25.4 Å². The Hall–Kier alpha value is -3.24. The predicted molar refractivity (Wildman–Crippen MR) is 213 cm³/mol. The van der Waals surface area contributed by atoms with Gasteiger partial charge in [-0.2, -0.15) is 0 Å². The zero-order valence-corrected chi connectivity index (χ0v) is 36.5. The Morgan fingerprint density at radius 1 is 0.768 bits per heavy atom. The Morgan fingerprint density at radius 3 is 1.75 bits per heavy atom. The zero-order valence-electron chi connectivity index (χ0n) is 33.7. The molecule has 13 nitrogen and oxygen atoms in total. The minimum atomic E-state index is -1.26. The van der Waals surface area contributed by atoms with E-state index < -0.39 is 23.9 Å². The summed E-state index contributed by atoms with van der Waals surface area (Å²) in [6.07, 6.45) is 8.08. The van der Waals surface area contributed by atoms with Crippen molar-refractivity contribution < 1.29 is 79.0 Å². The number of hydrogen-bond acceptors (Lipinski definition) is 11. The van der Waals surface area contributed by atoms with Gasteiger partial charge in [-0.15, -0.1) is 0 Å². The van der Waals surface area contributed by atoms with E-state index in [2.05, 4.69) is 58.3 Å². The van der Waals surface area contributed by atoms with Gasteiger partial charge in [0.1, 0.15) is 5.84 Å². The molecule has 1 fully saturated rings. The summed E-state index contributed by atoms with van der Waals surface area (Å²) < 4.78 is 5.40. The second-order valence-electron chi connectivity index (χ2n) is 12.9. The van der Waals surface area contributed by atoms with Crippen LogP contribution in [0.4, 0.5) is 5.69 Å². The quantitative estimate of drug-likeness (QED) is 0.103. The first-order valence-corrected chi connectivity index (χ1v) is 19.9. The number of carboxylic acids is 4. The van der Waals surface area contributed by atoms with E-state index in [0.717, 1.165) is 95.6 Å². The van der Waals surface area contributed by atoms with Gasteiger partial charge in [0.15, 0.2) is 0 Å². The Bertz CT molecular complexity index is 1450. The van der Waals surface area contributed by atoms with E-state index in [9.17, 15) is 24.3 Å². The van der Waals surface area contributed by atoms with Crippen LogP contribution in [-0.2, 0) is 23.9 Å². The van der Waals surface area contributed by atoms with Crippen molar-refractivity contribution >= 4 is 47.2 Å². The number of carboxylic acid groups (broad SMARTS) is 4. The van der Waals surface area contributed by atoms with Gasteiger partial charge in [0, 0.05) is 66.2 Å². The summed E-state index contributed by atoms with van der Waals surface area (Å²) in [6, 6.07) is 16.9. The average Bonchev–Trinajstić information content (AvgIpc) is 3.33. The molecule has 1 saturated heterocycles. The third-order valence-corrected chi connectivity index (χ3v) is 9.64. The molecule has 0 atom stereocenters. The molecule has 2 aromatic carbocycles. The molecule has 2 aliphatic heterocycles. The van der Waals surface area contributed by atoms with Crippen LogP contribution in [0.15, 0.2) is 75.5 Å². The summed E-state index contributed by atoms with van der Waals surface area (Å²) in [5, 5.41) is 43.4. The maximum absolute atomic E-state index is 10.5. The number of para-hydroxylation sites is 1. The predicted octanol–water partition coefficient (Wildman–Crippen LogP) is 2.81. The Labute approximate surface area is 358 Å². The molecular weight excluding hydrogens is 750 g/mol. The summed E-state index contributed by atoms with van der Waals surface area (Å²) >= 11 is 1.80. The van der Waals surface area contributed by atoms with Crippen LogP contribution in [0.2, 0.25) is 0 Å². The molecule has 306 valence electrons. The number of aliphatic carboxylic acids is 4. The Morgan fingerprint density at radius 2 is 1.27 bits per heavy atom. The number of ether oxygens (including phenoxy) is 1. The van der Waals surface area contributed by atoms with E-state index >= 15 is 0 Å². The molecule has 0 unspecified atom stereocenters. The van der Waals surface area contributed by atoms with Crippen LogP contribution in [-0.4, -0.2) is 112 Å². The van der Waals surface area contributed by atoms with Crippen molar-refractivity contribution in [2.45, 2.75) is 88.9 Å². The molecule has 15 heteroatoms. The SMILES string of the molecule is CCCC(CCC)C(=O)O.CCCC(CCC)C(=O)[O-].O=C(O)/C=C/C(=O)O.OCCOCCN1CCN(C2=Nc3ccccc3Sc3ccccc32)CC1.[Na+]. The zero-order chi connectivity index (χ0) is 41.0. The second kappa shape index (κ2) is 31.8. The van der Waals surface area contributed by atoms with Crippen LogP contribution in [0, 0.1) is 11.8 Å². The van der Waals surface area contributed by atoms with E-state index in [4.69, 9.17) is 30.2 Å². The largest absolute Gasteiger partial charge is 1.00 e. The third kappa shape index (κ3) is 21.9. The molecule has 0 amide bonds. The first kappa shape index (κ1) is 52.8. The molecule has 2 heterocycles. The van der Waals surface area contributed by atoms with Crippen molar-refractivity contribution in [1.82, 2.24) is 9.80 Å². The molecule has 0 aliphatic carbocycles. The van der Waals surface area contributed by atoms with Gasteiger partial charge >= 0.3 is 47.5 Å². The van der Waals surface area contributed by atoms with Crippen LogP contribution in [0.3, 0.4) is 0 Å². The van der Waals surface area contributed by atoms with Crippen molar-refractivity contribution in [2.24, 2.45) is 16.8 Å². The van der Waals surface area contributed by atoms with Crippen molar-refractivity contribution in [3.63, 3.8) is 0 Å².